The Morgan fingerprint density at radius 2 is 1.69 bits per heavy atom. The Balaban J connectivity index is 1.88. The molecule has 0 radical (unpaired) electrons. The van der Waals surface area contributed by atoms with Gasteiger partial charge in [-0.1, -0.05) is 39.7 Å². The largest absolute Gasteiger partial charge is 0.416 e. The zero-order valence-corrected chi connectivity index (χ0v) is 17.5. The summed E-state index contributed by atoms with van der Waals surface area (Å²) in [6, 6.07) is 9.91. The predicted molar refractivity (Wildman–Crippen MR) is 109 cm³/mol. The molecule has 0 atom stereocenters. The minimum Gasteiger partial charge on any atom is -0.325 e. The van der Waals surface area contributed by atoms with Crippen molar-refractivity contribution < 1.29 is 22.8 Å². The van der Waals surface area contributed by atoms with Gasteiger partial charge in [-0.25, -0.2) is 5.43 Å². The molecule has 0 aliphatic carbocycles. The number of hydrogen-bond donors (Lipinski definition) is 2. The third kappa shape index (κ3) is 7.17. The molecule has 0 fully saturated rings. The van der Waals surface area contributed by atoms with Crippen LogP contribution in [0.15, 0.2) is 52.0 Å². The molecule has 154 valence electrons. The van der Waals surface area contributed by atoms with Gasteiger partial charge in [0.1, 0.15) is 0 Å². The lowest BCUT2D eigenvalue weighted by atomic mass is 10.1. The number of nitrogens with zero attached hydrogens (tertiary/aromatic N) is 1. The van der Waals surface area contributed by atoms with Crippen molar-refractivity contribution in [2.24, 2.45) is 5.10 Å². The van der Waals surface area contributed by atoms with E-state index in [9.17, 15) is 22.8 Å². The summed E-state index contributed by atoms with van der Waals surface area (Å²) in [5.41, 5.74) is 2.62. The van der Waals surface area contributed by atoms with E-state index < -0.39 is 23.6 Å². The lowest BCUT2D eigenvalue weighted by Crippen LogP contribution is -2.22. The number of nitrogens with one attached hydrogen (secondary N) is 2. The van der Waals surface area contributed by atoms with Crippen LogP contribution in [0.25, 0.3) is 0 Å². The maximum absolute atomic E-state index is 12.8. The summed E-state index contributed by atoms with van der Waals surface area (Å²) in [7, 11) is 0. The summed E-state index contributed by atoms with van der Waals surface area (Å²) in [6.45, 7) is 1.71. The van der Waals surface area contributed by atoms with Crippen LogP contribution < -0.4 is 10.7 Å². The molecule has 0 unspecified atom stereocenters. The van der Waals surface area contributed by atoms with E-state index in [1.165, 1.54) is 0 Å². The van der Waals surface area contributed by atoms with Crippen LogP contribution in [-0.2, 0) is 15.8 Å². The van der Waals surface area contributed by atoms with Crippen molar-refractivity contribution in [3.8, 4) is 0 Å². The minimum atomic E-state index is -4.56. The quantitative estimate of drug-likeness (QED) is 0.422. The lowest BCUT2D eigenvalue weighted by Gasteiger charge is -2.11. The van der Waals surface area contributed by atoms with E-state index in [4.69, 9.17) is 11.6 Å². The SMILES string of the molecule is C/C(=N/NC(=O)CCC(=O)Nc1cc(C(F)(F)F)ccc1Cl)c1ccc(Br)cc1. The number of anilines is 1. The number of amides is 2. The summed E-state index contributed by atoms with van der Waals surface area (Å²) < 4.78 is 39.2. The molecule has 0 spiro atoms. The zero-order valence-electron chi connectivity index (χ0n) is 15.1. The summed E-state index contributed by atoms with van der Waals surface area (Å²) in [5.74, 6) is -1.15. The second kappa shape index (κ2) is 9.89. The molecular formula is C19H16BrClF3N3O2. The van der Waals surface area contributed by atoms with E-state index >= 15 is 0 Å². The van der Waals surface area contributed by atoms with Gasteiger partial charge >= 0.3 is 6.18 Å². The molecule has 29 heavy (non-hydrogen) atoms. The van der Waals surface area contributed by atoms with Gasteiger partial charge < -0.3 is 5.32 Å². The van der Waals surface area contributed by atoms with Crippen molar-refractivity contribution in [3.63, 3.8) is 0 Å². The number of alkyl halides is 3. The summed E-state index contributed by atoms with van der Waals surface area (Å²) in [5, 5.41) is 6.21. The Labute approximate surface area is 178 Å². The fraction of sp³-hybridized carbons (Fsp3) is 0.211. The standard InChI is InChI=1S/C19H16BrClF3N3O2/c1-11(12-2-5-14(20)6-3-12)26-27-18(29)9-8-17(28)25-16-10-13(19(22,23)24)4-7-15(16)21/h2-7,10H,8-9H2,1H3,(H,25,28)(H,27,29)/b26-11-. The maximum Gasteiger partial charge on any atom is 0.416 e. The molecule has 0 heterocycles. The van der Waals surface area contributed by atoms with Crippen LogP contribution >= 0.6 is 27.5 Å². The fourth-order valence-corrected chi connectivity index (χ4v) is 2.62. The first-order valence-corrected chi connectivity index (χ1v) is 9.49. The molecule has 2 aromatic carbocycles. The number of halogens is 5. The molecular weight excluding hydrogens is 475 g/mol. The molecule has 0 saturated heterocycles. The number of hydrogen-bond acceptors (Lipinski definition) is 3. The molecule has 2 rings (SSSR count). The van der Waals surface area contributed by atoms with Gasteiger partial charge in [-0.05, 0) is 42.8 Å². The van der Waals surface area contributed by atoms with Crippen LogP contribution in [0, 0.1) is 0 Å². The molecule has 2 amide bonds. The van der Waals surface area contributed by atoms with Gasteiger partial charge in [-0.15, -0.1) is 0 Å². The number of rotatable bonds is 6. The Morgan fingerprint density at radius 1 is 1.07 bits per heavy atom. The normalized spacial score (nSPS) is 11.9. The monoisotopic (exact) mass is 489 g/mol. The third-order valence-electron chi connectivity index (χ3n) is 3.76. The summed E-state index contributed by atoms with van der Waals surface area (Å²) in [4.78, 5) is 23.8. The Morgan fingerprint density at radius 3 is 2.31 bits per heavy atom. The second-order valence-corrected chi connectivity index (χ2v) is 7.30. The highest BCUT2D eigenvalue weighted by Crippen LogP contribution is 2.33. The Bertz CT molecular complexity index is 931. The Hall–Kier alpha value is -2.39. The van der Waals surface area contributed by atoms with Crippen molar-refractivity contribution in [2.75, 3.05) is 5.32 Å². The first-order chi connectivity index (χ1) is 13.6. The Kier molecular flexibility index (Phi) is 7.80. The van der Waals surface area contributed by atoms with E-state index in [2.05, 4.69) is 31.8 Å². The number of carbonyl (C=O) groups is 2. The smallest absolute Gasteiger partial charge is 0.325 e. The van der Waals surface area contributed by atoms with Gasteiger partial charge in [0.25, 0.3) is 0 Å². The van der Waals surface area contributed by atoms with Crippen LogP contribution in [0.4, 0.5) is 18.9 Å². The molecule has 0 saturated carbocycles. The summed E-state index contributed by atoms with van der Waals surface area (Å²) >= 11 is 9.14. The van der Waals surface area contributed by atoms with Crippen molar-refractivity contribution in [1.82, 2.24) is 5.43 Å². The fourth-order valence-electron chi connectivity index (χ4n) is 2.19. The first kappa shape index (κ1) is 22.9. The van der Waals surface area contributed by atoms with E-state index in [0.717, 1.165) is 28.2 Å². The first-order valence-electron chi connectivity index (χ1n) is 8.32. The van der Waals surface area contributed by atoms with Crippen molar-refractivity contribution in [2.45, 2.75) is 25.9 Å². The molecule has 0 aliphatic heterocycles. The highest BCUT2D eigenvalue weighted by molar-refractivity contribution is 9.10. The van der Waals surface area contributed by atoms with Gasteiger partial charge in [-0.3, -0.25) is 9.59 Å². The van der Waals surface area contributed by atoms with E-state index in [0.29, 0.717) is 5.71 Å². The summed E-state index contributed by atoms with van der Waals surface area (Å²) in [6.07, 6.45) is -5.00. The van der Waals surface area contributed by atoms with Gasteiger partial charge in [0.15, 0.2) is 0 Å². The van der Waals surface area contributed by atoms with E-state index in [1.54, 1.807) is 6.92 Å². The van der Waals surface area contributed by atoms with Crippen LogP contribution in [0.5, 0.6) is 0 Å². The van der Waals surface area contributed by atoms with Crippen LogP contribution in [0.2, 0.25) is 5.02 Å². The molecule has 0 aliphatic rings. The topological polar surface area (TPSA) is 70.6 Å². The highest BCUT2D eigenvalue weighted by atomic mass is 79.9. The van der Waals surface area contributed by atoms with Crippen LogP contribution in [-0.4, -0.2) is 17.5 Å². The van der Waals surface area contributed by atoms with Gasteiger partial charge in [0.2, 0.25) is 11.8 Å². The average molecular weight is 491 g/mol. The van der Waals surface area contributed by atoms with Crippen LogP contribution in [0.3, 0.4) is 0 Å². The molecule has 2 aromatic rings. The van der Waals surface area contributed by atoms with Crippen molar-refractivity contribution >= 4 is 50.7 Å². The highest BCUT2D eigenvalue weighted by Gasteiger charge is 2.31. The number of benzene rings is 2. The minimum absolute atomic E-state index is 0.0366. The molecule has 2 N–H and O–H groups in total. The maximum atomic E-state index is 12.8. The molecule has 0 bridgehead atoms. The second-order valence-electron chi connectivity index (χ2n) is 5.98. The number of hydrazone groups is 1. The van der Waals surface area contributed by atoms with Crippen LogP contribution in [0.1, 0.15) is 30.9 Å². The molecule has 10 heteroatoms. The van der Waals surface area contributed by atoms with Crippen molar-refractivity contribution in [1.29, 1.82) is 0 Å². The third-order valence-corrected chi connectivity index (χ3v) is 4.62. The molecule has 0 aromatic heterocycles. The van der Waals surface area contributed by atoms with Crippen molar-refractivity contribution in [3.05, 3.63) is 63.1 Å². The van der Waals surface area contributed by atoms with Gasteiger partial charge in [-0.2, -0.15) is 18.3 Å². The van der Waals surface area contributed by atoms with Gasteiger partial charge in [0.05, 0.1) is 22.0 Å². The molecule has 5 nitrogen and oxygen atoms in total. The zero-order chi connectivity index (χ0) is 21.6. The van der Waals surface area contributed by atoms with E-state index in [-0.39, 0.29) is 23.6 Å². The lowest BCUT2D eigenvalue weighted by molar-refractivity contribution is -0.137. The number of carbonyl (C=O) groups excluding carboxylic acids is 2. The van der Waals surface area contributed by atoms with Gasteiger partial charge in [0, 0.05) is 17.3 Å². The average Bonchev–Trinajstić information content (AvgIpc) is 2.66. The van der Waals surface area contributed by atoms with E-state index in [1.807, 2.05) is 24.3 Å². The predicted octanol–water partition coefficient (Wildman–Crippen LogP) is 5.38.